The number of carboxylic acids is 1. The molecule has 2 saturated heterocycles. The molecule has 88 heavy (non-hydrogen) atoms. The number of likely N-dealkylation sites (tertiary alicyclic amines) is 2. The number of carbonyl (C=O) groups is 2. The van der Waals surface area contributed by atoms with Gasteiger partial charge in [-0.2, -0.15) is 0 Å². The van der Waals surface area contributed by atoms with Gasteiger partial charge in [0.25, 0.3) is 0 Å². The summed E-state index contributed by atoms with van der Waals surface area (Å²) in [5, 5.41) is 9.96. The van der Waals surface area contributed by atoms with Gasteiger partial charge in [-0.05, 0) is 159 Å². The smallest absolute Gasteiger partial charge is 0.323 e. The zero-order chi connectivity index (χ0) is 59.9. The van der Waals surface area contributed by atoms with Gasteiger partial charge >= 0.3 is 11.9 Å². The molecule has 4 heterocycles. The Morgan fingerprint density at radius 1 is 0.466 bits per heavy atom. The van der Waals surface area contributed by atoms with Gasteiger partial charge in [-0.1, -0.05) is 129 Å². The Labute approximate surface area is 514 Å². The maximum atomic E-state index is 12.7. The summed E-state index contributed by atoms with van der Waals surface area (Å²) in [4.78, 5) is 38.5. The number of hydrogen-bond donors (Lipinski definition) is 1. The lowest BCUT2D eigenvalue weighted by Gasteiger charge is -2.29. The molecule has 0 radical (unpaired) electrons. The fraction of sp³-hybridized carbons (Fsp3) is 0.243. The number of carbonyl (C=O) groups excluding carboxylic acids is 1. The van der Waals surface area contributed by atoms with Crippen LogP contribution in [0.5, 0.6) is 34.5 Å². The van der Waals surface area contributed by atoms with Gasteiger partial charge < -0.3 is 37.6 Å². The molecule has 14 nitrogen and oxygen atoms in total. The van der Waals surface area contributed by atoms with Gasteiger partial charge in [0.15, 0.2) is 0 Å². The predicted molar refractivity (Wildman–Crippen MR) is 340 cm³/mol. The number of aliphatic carboxylic acids is 1. The lowest BCUT2D eigenvalue weighted by atomic mass is 10.0. The number of rotatable bonds is 22. The van der Waals surface area contributed by atoms with Crippen molar-refractivity contribution in [3.63, 3.8) is 0 Å². The minimum Gasteiger partial charge on any atom is -0.493 e. The van der Waals surface area contributed by atoms with Gasteiger partial charge in [0.05, 0.1) is 31.7 Å². The molecule has 0 amide bonds. The van der Waals surface area contributed by atoms with E-state index >= 15 is 0 Å². The summed E-state index contributed by atoms with van der Waals surface area (Å²) in [6.45, 7) is 5.98. The highest BCUT2D eigenvalue weighted by molar-refractivity contribution is 5.76. The molecule has 2 fully saturated rings. The Morgan fingerprint density at radius 2 is 0.818 bits per heavy atom. The molecule has 14 heteroatoms. The van der Waals surface area contributed by atoms with E-state index in [0.717, 1.165) is 110 Å². The third kappa shape index (κ3) is 15.6. The quantitative estimate of drug-likeness (QED) is 0.0639. The standard InChI is InChI=1S/C37H36N2O5.C36H34N2O5.CH4/c1-26-33(38-36(43-26)29-9-5-3-6-10-29)23-24-42-30-19-15-28(16-20-30)34-21-22-35(37(40)41-2)39(34)25-27-13-17-32(18-14-27)44-31-11-7-4-8-12-31;1-25-32(37-35(42-25)28-8-4-2-5-9-28)22-23-41-29-18-14-27(15-19-29)33-20-21-34(36(39)40)38(33)24-26-12-16-31(17-13-26)43-30-10-6-3-7-11-30;/h3-20,34-35H,21-25H2,1-2H3;2-19,33-34H,20-24H2,1H3,(H,39,40);1H4/t34-,35-;33-,34+;/m11./s1. The van der Waals surface area contributed by atoms with Gasteiger partial charge in [0.2, 0.25) is 11.8 Å². The summed E-state index contributed by atoms with van der Waals surface area (Å²) in [5.41, 5.74) is 8.07. The van der Waals surface area contributed by atoms with Crippen LogP contribution < -0.4 is 18.9 Å². The van der Waals surface area contributed by atoms with Gasteiger partial charge in [-0.25, -0.2) is 9.97 Å². The first-order chi connectivity index (χ1) is 42.6. The number of methoxy groups -OCH3 is 1. The van der Waals surface area contributed by atoms with Crippen molar-refractivity contribution in [1.82, 2.24) is 19.8 Å². The molecule has 2 aliphatic rings. The fourth-order valence-corrected chi connectivity index (χ4v) is 11.4. The van der Waals surface area contributed by atoms with Crippen LogP contribution in [0.2, 0.25) is 0 Å². The van der Waals surface area contributed by atoms with E-state index in [-0.39, 0.29) is 31.5 Å². The first-order valence-corrected chi connectivity index (χ1v) is 29.6. The molecule has 12 rings (SSSR count). The number of hydrogen-bond acceptors (Lipinski definition) is 13. The van der Waals surface area contributed by atoms with E-state index < -0.39 is 12.0 Å². The second-order valence-electron chi connectivity index (χ2n) is 21.7. The average Bonchev–Trinajstić information content (AvgIpc) is 4.31. The molecule has 0 saturated carbocycles. The highest BCUT2D eigenvalue weighted by atomic mass is 16.5. The highest BCUT2D eigenvalue weighted by Crippen LogP contribution is 2.41. The number of ether oxygens (including phenoxy) is 5. The zero-order valence-electron chi connectivity index (χ0n) is 49.1. The van der Waals surface area contributed by atoms with Crippen molar-refractivity contribution >= 4 is 11.9 Å². The lowest BCUT2D eigenvalue weighted by Crippen LogP contribution is -2.37. The number of oxazole rings is 2. The largest absolute Gasteiger partial charge is 0.493 e. The summed E-state index contributed by atoms with van der Waals surface area (Å²) in [6, 6.07) is 70.5. The molecule has 0 aliphatic carbocycles. The summed E-state index contributed by atoms with van der Waals surface area (Å²) >= 11 is 0. The Morgan fingerprint density at radius 3 is 1.20 bits per heavy atom. The van der Waals surface area contributed by atoms with Crippen LogP contribution in [0.1, 0.15) is 90.4 Å². The van der Waals surface area contributed by atoms with E-state index in [1.807, 2.05) is 208 Å². The van der Waals surface area contributed by atoms with Crippen LogP contribution in [0, 0.1) is 13.8 Å². The van der Waals surface area contributed by atoms with Gasteiger partial charge in [0, 0.05) is 49.1 Å². The fourth-order valence-electron chi connectivity index (χ4n) is 11.4. The van der Waals surface area contributed by atoms with Crippen molar-refractivity contribution < 1.29 is 47.2 Å². The first-order valence-electron chi connectivity index (χ1n) is 29.6. The topological polar surface area (TPSA) is 159 Å². The van der Waals surface area contributed by atoms with Crippen LogP contribution in [0.4, 0.5) is 0 Å². The number of esters is 1. The maximum absolute atomic E-state index is 12.7. The third-order valence-corrected chi connectivity index (χ3v) is 15.9. The van der Waals surface area contributed by atoms with E-state index in [9.17, 15) is 14.7 Å². The normalized spacial score (nSPS) is 16.4. The summed E-state index contributed by atoms with van der Waals surface area (Å²) in [5.74, 6) is 6.51. The molecule has 2 aromatic heterocycles. The summed E-state index contributed by atoms with van der Waals surface area (Å²) < 4.78 is 40.9. The highest BCUT2D eigenvalue weighted by Gasteiger charge is 2.40. The molecule has 10 aromatic rings. The van der Waals surface area contributed by atoms with Gasteiger partial charge in [-0.3, -0.25) is 19.4 Å². The van der Waals surface area contributed by atoms with Crippen LogP contribution in [0.15, 0.2) is 227 Å². The van der Waals surface area contributed by atoms with Crippen LogP contribution in [0.3, 0.4) is 0 Å². The van der Waals surface area contributed by atoms with Crippen molar-refractivity contribution in [2.75, 3.05) is 20.3 Å². The van der Waals surface area contributed by atoms with E-state index in [0.29, 0.717) is 57.3 Å². The molecule has 2 aliphatic heterocycles. The van der Waals surface area contributed by atoms with Crippen LogP contribution in [-0.2, 0) is 40.3 Å². The molecule has 8 aromatic carbocycles. The molecule has 4 atom stereocenters. The number of aromatic nitrogens is 2. The van der Waals surface area contributed by atoms with E-state index in [1.165, 1.54) is 7.11 Å². The van der Waals surface area contributed by atoms with Gasteiger partial charge in [-0.15, -0.1) is 0 Å². The molecular formula is C74H74N4O10. The maximum Gasteiger partial charge on any atom is 0.323 e. The third-order valence-electron chi connectivity index (χ3n) is 15.9. The van der Waals surface area contributed by atoms with Crippen molar-refractivity contribution in [2.45, 2.75) is 97.1 Å². The van der Waals surface area contributed by atoms with Gasteiger partial charge in [0.1, 0.15) is 58.1 Å². The monoisotopic (exact) mass is 1180 g/mol. The summed E-state index contributed by atoms with van der Waals surface area (Å²) in [6.07, 6.45) is 4.28. The Bertz CT molecular complexity index is 3790. The minimum absolute atomic E-state index is 0. The first kappa shape index (κ1) is 61.3. The zero-order valence-corrected chi connectivity index (χ0v) is 49.1. The van der Waals surface area contributed by atoms with Crippen LogP contribution in [0.25, 0.3) is 22.9 Å². The average molecular weight is 1180 g/mol. The van der Waals surface area contributed by atoms with E-state index in [2.05, 4.69) is 44.0 Å². The molecule has 0 unspecified atom stereocenters. The molecule has 450 valence electrons. The second kappa shape index (κ2) is 29.6. The number of nitrogens with zero attached hydrogens (tertiary/aromatic N) is 4. The number of carboxylic acid groups (broad SMARTS) is 1. The van der Waals surface area contributed by atoms with Crippen LogP contribution >= 0.6 is 0 Å². The SMILES string of the molecule is C.COC(=O)[C@H]1CC[C@H](c2ccc(OCCc3nc(-c4ccccc4)oc3C)cc2)N1Cc1ccc(Oc2ccccc2)cc1.Cc1oc(-c2ccccc2)nc1CCOc1ccc([C@H]2CC[C@@H](C(=O)O)N2Cc2ccc(Oc3ccccc3)cc2)cc1. The van der Waals surface area contributed by atoms with Crippen molar-refractivity contribution in [3.05, 3.63) is 264 Å². The molecule has 0 bridgehead atoms. The minimum atomic E-state index is -0.787. The van der Waals surface area contributed by atoms with Crippen molar-refractivity contribution in [3.8, 4) is 57.4 Å². The van der Waals surface area contributed by atoms with Crippen molar-refractivity contribution in [2.24, 2.45) is 0 Å². The molecular weight excluding hydrogens is 1100 g/mol. The Kier molecular flexibility index (Phi) is 20.6. The Balaban J connectivity index is 0.000000192. The second-order valence-corrected chi connectivity index (χ2v) is 21.7. The Hall–Kier alpha value is -9.76. The van der Waals surface area contributed by atoms with E-state index in [1.54, 1.807) is 0 Å². The lowest BCUT2D eigenvalue weighted by molar-refractivity contribution is -0.146. The van der Waals surface area contributed by atoms with Crippen LogP contribution in [-0.4, -0.2) is 69.2 Å². The predicted octanol–water partition coefficient (Wildman–Crippen LogP) is 16.4. The summed E-state index contributed by atoms with van der Waals surface area (Å²) in [7, 11) is 1.46. The molecule has 0 spiro atoms. The molecule has 1 N–H and O–H groups in total. The van der Waals surface area contributed by atoms with Crippen molar-refractivity contribution in [1.29, 1.82) is 0 Å². The number of benzene rings is 8. The van der Waals surface area contributed by atoms with E-state index in [4.69, 9.17) is 32.5 Å². The number of aryl methyl sites for hydroxylation is 2. The number of para-hydroxylation sites is 2.